The molecule has 0 saturated carbocycles. The highest BCUT2D eigenvalue weighted by Gasteiger charge is 2.12. The standard InChI is InChI=1S/C14H11ClN2O/c1-8-5-13-11(7-12(8)15)14(17-18-13)9-3-2-4-10(16)6-9/h2-7H,16H2,1H3. The Morgan fingerprint density at radius 1 is 1.22 bits per heavy atom. The SMILES string of the molecule is Cc1cc2onc(-c3cccc(N)c3)c2cc1Cl. The quantitative estimate of drug-likeness (QED) is 0.670. The minimum atomic E-state index is 0.696. The van der Waals surface area contributed by atoms with Crippen LogP contribution in [0.5, 0.6) is 0 Å². The molecule has 4 heteroatoms. The summed E-state index contributed by atoms with van der Waals surface area (Å²) in [7, 11) is 0. The minimum Gasteiger partial charge on any atom is -0.399 e. The van der Waals surface area contributed by atoms with Crippen molar-refractivity contribution >= 4 is 28.3 Å². The fourth-order valence-corrected chi connectivity index (χ4v) is 2.12. The van der Waals surface area contributed by atoms with Gasteiger partial charge in [0.15, 0.2) is 5.58 Å². The van der Waals surface area contributed by atoms with Crippen LogP contribution in [0.25, 0.3) is 22.2 Å². The third-order valence-electron chi connectivity index (χ3n) is 2.91. The Morgan fingerprint density at radius 2 is 2.06 bits per heavy atom. The van der Waals surface area contributed by atoms with E-state index in [0.717, 1.165) is 27.8 Å². The van der Waals surface area contributed by atoms with Crippen LogP contribution in [0.15, 0.2) is 40.9 Å². The van der Waals surface area contributed by atoms with Gasteiger partial charge in [-0.25, -0.2) is 0 Å². The predicted molar refractivity (Wildman–Crippen MR) is 73.6 cm³/mol. The summed E-state index contributed by atoms with van der Waals surface area (Å²) in [4.78, 5) is 0. The van der Waals surface area contributed by atoms with Gasteiger partial charge in [0.25, 0.3) is 0 Å². The maximum absolute atomic E-state index is 6.14. The van der Waals surface area contributed by atoms with E-state index >= 15 is 0 Å². The summed E-state index contributed by atoms with van der Waals surface area (Å²) in [5.41, 5.74) is 9.86. The van der Waals surface area contributed by atoms with E-state index in [0.29, 0.717) is 10.7 Å². The highest BCUT2D eigenvalue weighted by Crippen LogP contribution is 2.32. The van der Waals surface area contributed by atoms with E-state index < -0.39 is 0 Å². The van der Waals surface area contributed by atoms with E-state index in [1.165, 1.54) is 0 Å². The molecular formula is C14H11ClN2O. The Hall–Kier alpha value is -2.00. The summed E-state index contributed by atoms with van der Waals surface area (Å²) in [5, 5.41) is 5.70. The number of nitrogens with two attached hydrogens (primary N) is 1. The lowest BCUT2D eigenvalue weighted by Gasteiger charge is -2.00. The van der Waals surface area contributed by atoms with Gasteiger partial charge < -0.3 is 10.3 Å². The average molecular weight is 259 g/mol. The van der Waals surface area contributed by atoms with Crippen molar-refractivity contribution < 1.29 is 4.52 Å². The Morgan fingerprint density at radius 3 is 2.83 bits per heavy atom. The molecule has 0 spiro atoms. The van der Waals surface area contributed by atoms with Crippen LogP contribution < -0.4 is 5.73 Å². The van der Waals surface area contributed by atoms with Crippen LogP contribution in [0, 0.1) is 6.92 Å². The predicted octanol–water partition coefficient (Wildman–Crippen LogP) is 4.04. The Kier molecular flexibility index (Phi) is 2.49. The Bertz CT molecular complexity index is 734. The first-order valence-electron chi connectivity index (χ1n) is 5.56. The molecule has 2 N–H and O–H groups in total. The number of anilines is 1. The van der Waals surface area contributed by atoms with E-state index in [2.05, 4.69) is 5.16 Å². The second kappa shape index (κ2) is 4.03. The molecule has 0 aliphatic carbocycles. The van der Waals surface area contributed by atoms with E-state index in [9.17, 15) is 0 Å². The first kappa shape index (κ1) is 11.1. The molecule has 3 aromatic rings. The molecule has 2 aromatic carbocycles. The lowest BCUT2D eigenvalue weighted by atomic mass is 10.1. The smallest absolute Gasteiger partial charge is 0.167 e. The van der Waals surface area contributed by atoms with Crippen molar-refractivity contribution in [1.82, 2.24) is 5.16 Å². The number of rotatable bonds is 1. The first-order valence-corrected chi connectivity index (χ1v) is 5.94. The van der Waals surface area contributed by atoms with Gasteiger partial charge in [-0.15, -0.1) is 0 Å². The number of hydrogen-bond donors (Lipinski definition) is 1. The van der Waals surface area contributed by atoms with Crippen LogP contribution >= 0.6 is 11.6 Å². The molecule has 0 saturated heterocycles. The van der Waals surface area contributed by atoms with Crippen LogP contribution in [0.1, 0.15) is 5.56 Å². The van der Waals surface area contributed by atoms with E-state index in [1.807, 2.05) is 43.3 Å². The summed E-state index contributed by atoms with van der Waals surface area (Å²) in [6.45, 7) is 1.93. The van der Waals surface area contributed by atoms with Gasteiger partial charge in [-0.3, -0.25) is 0 Å². The number of fused-ring (bicyclic) bond motifs is 1. The van der Waals surface area contributed by atoms with Crippen molar-refractivity contribution in [3.05, 3.63) is 47.0 Å². The molecule has 3 nitrogen and oxygen atoms in total. The topological polar surface area (TPSA) is 52.0 Å². The van der Waals surface area contributed by atoms with Gasteiger partial charge in [0, 0.05) is 16.3 Å². The van der Waals surface area contributed by atoms with Crippen molar-refractivity contribution in [3.8, 4) is 11.3 Å². The zero-order chi connectivity index (χ0) is 12.7. The van der Waals surface area contributed by atoms with E-state index in [4.69, 9.17) is 21.9 Å². The van der Waals surface area contributed by atoms with Gasteiger partial charge >= 0.3 is 0 Å². The molecule has 0 aliphatic heterocycles. The zero-order valence-electron chi connectivity index (χ0n) is 9.77. The molecule has 0 fully saturated rings. The summed E-state index contributed by atoms with van der Waals surface area (Å²) < 4.78 is 5.33. The molecule has 0 amide bonds. The number of halogens is 1. The molecule has 0 radical (unpaired) electrons. The van der Waals surface area contributed by atoms with Gasteiger partial charge in [-0.2, -0.15) is 0 Å². The number of nitrogen functional groups attached to an aromatic ring is 1. The van der Waals surface area contributed by atoms with Crippen LogP contribution in [0.3, 0.4) is 0 Å². The molecule has 0 unspecified atom stereocenters. The summed E-state index contributed by atoms with van der Waals surface area (Å²) in [6, 6.07) is 11.3. The fourth-order valence-electron chi connectivity index (χ4n) is 1.95. The highest BCUT2D eigenvalue weighted by molar-refractivity contribution is 6.32. The molecule has 0 bridgehead atoms. The Balaban J connectivity index is 2.27. The number of benzene rings is 2. The largest absolute Gasteiger partial charge is 0.399 e. The number of nitrogens with zero attached hydrogens (tertiary/aromatic N) is 1. The summed E-state index contributed by atoms with van der Waals surface area (Å²) in [6.07, 6.45) is 0. The van der Waals surface area contributed by atoms with Crippen molar-refractivity contribution in [1.29, 1.82) is 0 Å². The third kappa shape index (κ3) is 1.73. The molecule has 1 aromatic heterocycles. The van der Waals surface area contributed by atoms with Crippen molar-refractivity contribution in [2.45, 2.75) is 6.92 Å². The molecule has 0 atom stereocenters. The molecule has 0 aliphatic rings. The molecule has 90 valence electrons. The minimum absolute atomic E-state index is 0.696. The maximum atomic E-state index is 6.14. The fraction of sp³-hybridized carbons (Fsp3) is 0.0714. The maximum Gasteiger partial charge on any atom is 0.167 e. The molecule has 18 heavy (non-hydrogen) atoms. The Labute approximate surface area is 109 Å². The number of hydrogen-bond acceptors (Lipinski definition) is 3. The zero-order valence-corrected chi connectivity index (χ0v) is 10.5. The second-order valence-electron chi connectivity index (χ2n) is 4.25. The van der Waals surface area contributed by atoms with Gasteiger partial charge in [0.05, 0.1) is 5.39 Å². The monoisotopic (exact) mass is 258 g/mol. The van der Waals surface area contributed by atoms with Crippen LogP contribution in [0.4, 0.5) is 5.69 Å². The van der Waals surface area contributed by atoms with Gasteiger partial charge in [-0.1, -0.05) is 28.9 Å². The second-order valence-corrected chi connectivity index (χ2v) is 4.66. The number of aromatic nitrogens is 1. The van der Waals surface area contributed by atoms with Gasteiger partial charge in [0.2, 0.25) is 0 Å². The lowest BCUT2D eigenvalue weighted by molar-refractivity contribution is 0.459. The highest BCUT2D eigenvalue weighted by atomic mass is 35.5. The first-order chi connectivity index (χ1) is 8.65. The van der Waals surface area contributed by atoms with Gasteiger partial charge in [0.1, 0.15) is 5.69 Å². The van der Waals surface area contributed by atoms with Crippen molar-refractivity contribution in [2.75, 3.05) is 5.73 Å². The third-order valence-corrected chi connectivity index (χ3v) is 3.32. The van der Waals surface area contributed by atoms with E-state index in [1.54, 1.807) is 0 Å². The summed E-state index contributed by atoms with van der Waals surface area (Å²) in [5.74, 6) is 0. The van der Waals surface area contributed by atoms with E-state index in [-0.39, 0.29) is 0 Å². The molecular weight excluding hydrogens is 248 g/mol. The van der Waals surface area contributed by atoms with Crippen molar-refractivity contribution in [2.24, 2.45) is 0 Å². The van der Waals surface area contributed by atoms with Gasteiger partial charge in [-0.05, 0) is 36.8 Å². The summed E-state index contributed by atoms with van der Waals surface area (Å²) >= 11 is 6.14. The molecule has 3 rings (SSSR count). The van der Waals surface area contributed by atoms with Crippen molar-refractivity contribution in [3.63, 3.8) is 0 Å². The van der Waals surface area contributed by atoms with Crippen LogP contribution in [0.2, 0.25) is 5.02 Å². The van der Waals surface area contributed by atoms with Crippen LogP contribution in [-0.2, 0) is 0 Å². The average Bonchev–Trinajstić information content (AvgIpc) is 2.73. The molecule has 1 heterocycles. The normalized spacial score (nSPS) is 11.0. The lowest BCUT2D eigenvalue weighted by Crippen LogP contribution is -1.85. The number of aryl methyl sites for hydroxylation is 1. The van der Waals surface area contributed by atoms with Crippen LogP contribution in [-0.4, -0.2) is 5.16 Å².